The first kappa shape index (κ1) is 16.2. The van der Waals surface area contributed by atoms with Crippen molar-refractivity contribution in [1.29, 1.82) is 0 Å². The Labute approximate surface area is 136 Å². The summed E-state index contributed by atoms with van der Waals surface area (Å²) < 4.78 is 20.6. The molecule has 3 nitrogen and oxygen atoms in total. The van der Waals surface area contributed by atoms with E-state index in [1.807, 2.05) is 0 Å². The van der Waals surface area contributed by atoms with E-state index in [0.717, 1.165) is 17.4 Å². The maximum Gasteiger partial charge on any atom is 0.256 e. The third kappa shape index (κ3) is 4.40. The van der Waals surface area contributed by atoms with Gasteiger partial charge in [-0.05, 0) is 37.2 Å². The third-order valence-electron chi connectivity index (χ3n) is 2.78. The summed E-state index contributed by atoms with van der Waals surface area (Å²) in [6.45, 7) is 3.32. The van der Waals surface area contributed by atoms with Gasteiger partial charge < -0.3 is 10.1 Å². The molecule has 0 unspecified atom stereocenters. The van der Waals surface area contributed by atoms with Gasteiger partial charge in [-0.2, -0.15) is 0 Å². The van der Waals surface area contributed by atoms with E-state index in [1.54, 1.807) is 24.3 Å². The Hall–Kier alpha value is -1.17. The highest BCUT2D eigenvalue weighted by Gasteiger charge is 2.13. The summed E-state index contributed by atoms with van der Waals surface area (Å²) in [6, 6.07) is 6.75. The molecule has 0 bridgehead atoms. The summed E-state index contributed by atoms with van der Waals surface area (Å²) in [7, 11) is 0. The minimum atomic E-state index is -0.472. The van der Waals surface area contributed by atoms with Gasteiger partial charge in [0.05, 0.1) is 5.02 Å². The van der Waals surface area contributed by atoms with Crippen LogP contribution < -0.4 is 10.1 Å². The van der Waals surface area contributed by atoms with Crippen molar-refractivity contribution in [3.05, 3.63) is 51.3 Å². The normalized spacial score (nSPS) is 10.7. The van der Waals surface area contributed by atoms with Gasteiger partial charge in [-0.3, -0.25) is 0 Å². The highest BCUT2D eigenvalue weighted by Crippen LogP contribution is 2.32. The van der Waals surface area contributed by atoms with Crippen LogP contribution >= 0.6 is 27.5 Å². The smallest absolute Gasteiger partial charge is 0.256 e. The number of halogens is 3. The Morgan fingerprint density at radius 2 is 2.19 bits per heavy atom. The molecule has 2 rings (SSSR count). The van der Waals surface area contributed by atoms with Gasteiger partial charge in [0, 0.05) is 22.8 Å². The molecule has 1 heterocycles. The summed E-state index contributed by atoms with van der Waals surface area (Å²) in [5.41, 5.74) is 0.515. The molecule has 1 aromatic heterocycles. The van der Waals surface area contributed by atoms with Crippen LogP contribution in [-0.4, -0.2) is 11.5 Å². The van der Waals surface area contributed by atoms with E-state index in [2.05, 4.69) is 33.2 Å². The molecule has 0 atom stereocenters. The average molecular weight is 374 g/mol. The van der Waals surface area contributed by atoms with Crippen molar-refractivity contribution in [1.82, 2.24) is 10.3 Å². The number of hydrogen-bond donors (Lipinski definition) is 1. The van der Waals surface area contributed by atoms with Crippen LogP contribution in [-0.2, 0) is 6.54 Å². The van der Waals surface area contributed by atoms with Gasteiger partial charge in [0.2, 0.25) is 0 Å². The molecule has 0 saturated carbocycles. The lowest BCUT2D eigenvalue weighted by Crippen LogP contribution is -2.15. The lowest BCUT2D eigenvalue weighted by atomic mass is 10.2. The molecule has 1 aromatic carbocycles. The lowest BCUT2D eigenvalue weighted by molar-refractivity contribution is 0.417. The molecule has 0 radical (unpaired) electrons. The van der Waals surface area contributed by atoms with Gasteiger partial charge in [-0.25, -0.2) is 9.37 Å². The Bertz CT molecular complexity index is 625. The monoisotopic (exact) mass is 372 g/mol. The predicted octanol–water partition coefficient (Wildman–Crippen LogP) is 4.93. The molecule has 0 aliphatic heterocycles. The molecule has 112 valence electrons. The van der Waals surface area contributed by atoms with Crippen LogP contribution in [0.1, 0.15) is 18.9 Å². The van der Waals surface area contributed by atoms with Crippen molar-refractivity contribution in [2.75, 3.05) is 6.54 Å². The number of benzene rings is 1. The number of ether oxygens (including phenoxy) is 1. The van der Waals surface area contributed by atoms with E-state index in [4.69, 9.17) is 16.3 Å². The van der Waals surface area contributed by atoms with E-state index < -0.39 is 5.82 Å². The van der Waals surface area contributed by atoms with Gasteiger partial charge in [0.15, 0.2) is 5.82 Å². The summed E-state index contributed by atoms with van der Waals surface area (Å²) in [6.07, 6.45) is 2.51. The van der Waals surface area contributed by atoms with E-state index in [9.17, 15) is 4.39 Å². The van der Waals surface area contributed by atoms with E-state index in [1.165, 1.54) is 6.20 Å². The van der Waals surface area contributed by atoms with Crippen molar-refractivity contribution < 1.29 is 9.13 Å². The fourth-order valence-corrected chi connectivity index (χ4v) is 2.44. The fourth-order valence-electron chi connectivity index (χ4n) is 1.73. The van der Waals surface area contributed by atoms with Gasteiger partial charge >= 0.3 is 0 Å². The number of hydrogen-bond acceptors (Lipinski definition) is 3. The predicted molar refractivity (Wildman–Crippen MR) is 85.4 cm³/mol. The van der Waals surface area contributed by atoms with Crippen molar-refractivity contribution in [3.8, 4) is 11.6 Å². The van der Waals surface area contributed by atoms with Gasteiger partial charge in [0.1, 0.15) is 5.75 Å². The Morgan fingerprint density at radius 1 is 1.38 bits per heavy atom. The largest absolute Gasteiger partial charge is 0.435 e. The zero-order valence-corrected chi connectivity index (χ0v) is 13.8. The highest BCUT2D eigenvalue weighted by molar-refractivity contribution is 9.10. The molecule has 0 fully saturated rings. The second kappa shape index (κ2) is 7.73. The van der Waals surface area contributed by atoms with Crippen LogP contribution in [0.3, 0.4) is 0 Å². The molecule has 0 saturated heterocycles. The van der Waals surface area contributed by atoms with Crippen molar-refractivity contribution in [2.24, 2.45) is 0 Å². The number of aromatic nitrogens is 1. The summed E-state index contributed by atoms with van der Waals surface area (Å²) in [5.74, 6) is -0.181. The standard InChI is InChI=1S/C15H15BrClFN2O/c1-2-6-19-9-10-5-7-20-15(14(10)18)21-13-4-3-11(16)8-12(13)17/h3-5,7-8,19H,2,6,9H2,1H3. The zero-order valence-electron chi connectivity index (χ0n) is 11.5. The second-order valence-electron chi connectivity index (χ2n) is 4.44. The molecule has 0 spiro atoms. The Balaban J connectivity index is 2.18. The summed E-state index contributed by atoms with van der Waals surface area (Å²) in [5, 5.41) is 3.54. The molecule has 0 amide bonds. The van der Waals surface area contributed by atoms with Crippen molar-refractivity contribution >= 4 is 27.5 Å². The molecule has 0 aliphatic carbocycles. The molecule has 6 heteroatoms. The lowest BCUT2D eigenvalue weighted by Gasteiger charge is -2.10. The van der Waals surface area contributed by atoms with Gasteiger partial charge in [-0.1, -0.05) is 34.5 Å². The Kier molecular flexibility index (Phi) is 5.96. The van der Waals surface area contributed by atoms with Gasteiger partial charge in [0.25, 0.3) is 5.88 Å². The van der Waals surface area contributed by atoms with Crippen LogP contribution in [0.25, 0.3) is 0 Å². The van der Waals surface area contributed by atoms with Crippen LogP contribution in [0, 0.1) is 5.82 Å². The first-order valence-corrected chi connectivity index (χ1v) is 7.76. The SMILES string of the molecule is CCCNCc1ccnc(Oc2ccc(Br)cc2Cl)c1F. The van der Waals surface area contributed by atoms with Crippen LogP contribution in [0.4, 0.5) is 4.39 Å². The quantitative estimate of drug-likeness (QED) is 0.729. The molecule has 21 heavy (non-hydrogen) atoms. The van der Waals surface area contributed by atoms with Crippen molar-refractivity contribution in [3.63, 3.8) is 0 Å². The molecular formula is C15H15BrClFN2O. The van der Waals surface area contributed by atoms with Gasteiger partial charge in [-0.15, -0.1) is 0 Å². The average Bonchev–Trinajstić information content (AvgIpc) is 2.46. The molecule has 0 aliphatic rings. The maximum atomic E-state index is 14.3. The first-order chi connectivity index (χ1) is 10.1. The highest BCUT2D eigenvalue weighted by atomic mass is 79.9. The summed E-state index contributed by atoms with van der Waals surface area (Å²) >= 11 is 9.36. The number of pyridine rings is 1. The number of nitrogens with one attached hydrogen (secondary N) is 1. The second-order valence-corrected chi connectivity index (χ2v) is 5.77. The van der Waals surface area contributed by atoms with Crippen molar-refractivity contribution in [2.45, 2.75) is 19.9 Å². The van der Waals surface area contributed by atoms with E-state index in [0.29, 0.717) is 22.9 Å². The summed E-state index contributed by atoms with van der Waals surface area (Å²) in [4.78, 5) is 3.93. The third-order valence-corrected chi connectivity index (χ3v) is 3.57. The van der Waals surface area contributed by atoms with Crippen LogP contribution in [0.15, 0.2) is 34.9 Å². The van der Waals surface area contributed by atoms with Crippen LogP contribution in [0.2, 0.25) is 5.02 Å². The van der Waals surface area contributed by atoms with E-state index >= 15 is 0 Å². The molecule has 2 aromatic rings. The minimum absolute atomic E-state index is 0.0741. The Morgan fingerprint density at radius 3 is 2.90 bits per heavy atom. The molecular weight excluding hydrogens is 359 g/mol. The number of nitrogens with zero attached hydrogens (tertiary/aromatic N) is 1. The van der Waals surface area contributed by atoms with E-state index in [-0.39, 0.29) is 5.88 Å². The maximum absolute atomic E-state index is 14.3. The fraction of sp³-hybridized carbons (Fsp3) is 0.267. The van der Waals surface area contributed by atoms with Crippen LogP contribution in [0.5, 0.6) is 11.6 Å². The topological polar surface area (TPSA) is 34.2 Å². The molecule has 1 N–H and O–H groups in total. The zero-order chi connectivity index (χ0) is 15.2. The first-order valence-electron chi connectivity index (χ1n) is 6.58. The number of rotatable bonds is 6. The minimum Gasteiger partial charge on any atom is -0.435 e.